The molecule has 2 unspecified atom stereocenters. The Morgan fingerprint density at radius 3 is 2.50 bits per heavy atom. The van der Waals surface area contributed by atoms with E-state index in [-0.39, 0.29) is 0 Å². The van der Waals surface area contributed by atoms with Crippen LogP contribution < -0.4 is 4.74 Å². The molecule has 0 aliphatic heterocycles. The second-order valence-corrected chi connectivity index (χ2v) is 3.98. The van der Waals surface area contributed by atoms with Crippen LogP contribution in [0.5, 0.6) is 5.75 Å². The third kappa shape index (κ3) is 2.72. The first-order valence-electron chi connectivity index (χ1n) is 4.39. The lowest BCUT2D eigenvalue weighted by Gasteiger charge is -2.15. The molecular formula is C10H11BrO5. The summed E-state index contributed by atoms with van der Waals surface area (Å²) in [5, 5.41) is 27.3. The van der Waals surface area contributed by atoms with Gasteiger partial charge in [-0.25, -0.2) is 4.79 Å². The maximum atomic E-state index is 10.5. The molecule has 0 bridgehead atoms. The number of aliphatic carboxylic acids is 1. The highest BCUT2D eigenvalue weighted by atomic mass is 79.9. The molecule has 0 aromatic heterocycles. The van der Waals surface area contributed by atoms with Crippen LogP contribution in [0.1, 0.15) is 11.7 Å². The highest BCUT2D eigenvalue weighted by Gasteiger charge is 2.25. The predicted octanol–water partition coefficient (Wildman–Crippen LogP) is 0.937. The Labute approximate surface area is 100 Å². The van der Waals surface area contributed by atoms with Crippen LogP contribution in [0.15, 0.2) is 22.7 Å². The van der Waals surface area contributed by atoms with Gasteiger partial charge in [-0.05, 0) is 33.6 Å². The second kappa shape index (κ2) is 5.29. The summed E-state index contributed by atoms with van der Waals surface area (Å²) in [6.45, 7) is 0. The molecule has 6 heteroatoms. The number of aliphatic hydroxyl groups is 2. The van der Waals surface area contributed by atoms with Gasteiger partial charge >= 0.3 is 5.97 Å². The SMILES string of the molecule is COc1ccc(C(O)C(O)C(=O)O)cc1Br. The Hall–Kier alpha value is -1.11. The number of halogens is 1. The predicted molar refractivity (Wildman–Crippen MR) is 59.3 cm³/mol. The van der Waals surface area contributed by atoms with Crippen LogP contribution in [-0.4, -0.2) is 34.5 Å². The zero-order valence-electron chi connectivity index (χ0n) is 8.42. The molecule has 0 fully saturated rings. The molecule has 0 spiro atoms. The Morgan fingerprint density at radius 2 is 2.06 bits per heavy atom. The molecule has 0 saturated carbocycles. The summed E-state index contributed by atoms with van der Waals surface area (Å²) >= 11 is 3.20. The normalized spacial score (nSPS) is 14.2. The molecular weight excluding hydrogens is 280 g/mol. The first-order chi connectivity index (χ1) is 7.47. The van der Waals surface area contributed by atoms with Gasteiger partial charge in [0, 0.05) is 0 Å². The van der Waals surface area contributed by atoms with E-state index in [2.05, 4.69) is 15.9 Å². The van der Waals surface area contributed by atoms with Gasteiger partial charge in [0.25, 0.3) is 0 Å². The monoisotopic (exact) mass is 290 g/mol. The molecule has 88 valence electrons. The van der Waals surface area contributed by atoms with Gasteiger partial charge in [0.1, 0.15) is 11.9 Å². The Kier molecular flexibility index (Phi) is 4.28. The summed E-state index contributed by atoms with van der Waals surface area (Å²) in [5.74, 6) is -0.916. The van der Waals surface area contributed by atoms with E-state index >= 15 is 0 Å². The Bertz CT molecular complexity index is 393. The van der Waals surface area contributed by atoms with Crippen molar-refractivity contribution in [3.63, 3.8) is 0 Å². The number of hydrogen-bond donors (Lipinski definition) is 3. The number of rotatable bonds is 4. The summed E-state index contributed by atoms with van der Waals surface area (Å²) in [5.41, 5.74) is 0.294. The molecule has 0 aliphatic carbocycles. The third-order valence-electron chi connectivity index (χ3n) is 2.07. The zero-order valence-corrected chi connectivity index (χ0v) is 10.0. The van der Waals surface area contributed by atoms with Crippen LogP contribution in [0.3, 0.4) is 0 Å². The minimum atomic E-state index is -1.85. The molecule has 16 heavy (non-hydrogen) atoms. The molecule has 0 amide bonds. The lowest BCUT2D eigenvalue weighted by atomic mass is 10.0. The number of ether oxygens (including phenoxy) is 1. The first-order valence-corrected chi connectivity index (χ1v) is 5.19. The van der Waals surface area contributed by atoms with E-state index in [1.54, 1.807) is 6.07 Å². The van der Waals surface area contributed by atoms with Gasteiger partial charge in [-0.3, -0.25) is 0 Å². The van der Waals surface area contributed by atoms with Gasteiger partial charge in [-0.2, -0.15) is 0 Å². The van der Waals surface area contributed by atoms with Crippen LogP contribution in [0.4, 0.5) is 0 Å². The average Bonchev–Trinajstić information content (AvgIpc) is 2.26. The zero-order chi connectivity index (χ0) is 12.3. The number of carboxylic acids is 1. The van der Waals surface area contributed by atoms with Gasteiger partial charge in [0.15, 0.2) is 6.10 Å². The minimum Gasteiger partial charge on any atom is -0.496 e. The van der Waals surface area contributed by atoms with Gasteiger partial charge < -0.3 is 20.1 Å². The van der Waals surface area contributed by atoms with Crippen LogP contribution in [0, 0.1) is 0 Å². The number of hydrogen-bond acceptors (Lipinski definition) is 4. The summed E-state index contributed by atoms with van der Waals surface area (Å²) < 4.78 is 5.55. The molecule has 3 N–H and O–H groups in total. The standard InChI is InChI=1S/C10H11BrO5/c1-16-7-3-2-5(4-6(7)11)8(12)9(13)10(14)15/h2-4,8-9,12-13H,1H3,(H,14,15). The maximum Gasteiger partial charge on any atom is 0.335 e. The summed E-state index contributed by atoms with van der Waals surface area (Å²) in [4.78, 5) is 10.5. The molecule has 1 aromatic rings. The molecule has 0 heterocycles. The summed E-state index contributed by atoms with van der Waals surface area (Å²) in [7, 11) is 1.49. The van der Waals surface area contributed by atoms with Gasteiger partial charge in [-0.15, -0.1) is 0 Å². The first kappa shape index (κ1) is 13.0. The minimum absolute atomic E-state index is 0.294. The van der Waals surface area contributed by atoms with Crippen LogP contribution in [0.25, 0.3) is 0 Å². The lowest BCUT2D eigenvalue weighted by molar-refractivity contribution is -0.153. The van der Waals surface area contributed by atoms with Crippen molar-refractivity contribution in [3.8, 4) is 5.75 Å². The highest BCUT2D eigenvalue weighted by Crippen LogP contribution is 2.29. The number of benzene rings is 1. The fraction of sp³-hybridized carbons (Fsp3) is 0.300. The molecule has 0 saturated heterocycles. The number of aliphatic hydroxyl groups excluding tert-OH is 2. The number of carbonyl (C=O) groups is 1. The highest BCUT2D eigenvalue weighted by molar-refractivity contribution is 9.10. The van der Waals surface area contributed by atoms with Gasteiger partial charge in [-0.1, -0.05) is 6.07 Å². The topological polar surface area (TPSA) is 87.0 Å². The largest absolute Gasteiger partial charge is 0.496 e. The van der Waals surface area contributed by atoms with Crippen molar-refractivity contribution in [2.45, 2.75) is 12.2 Å². The molecule has 5 nitrogen and oxygen atoms in total. The van der Waals surface area contributed by atoms with E-state index in [1.807, 2.05) is 0 Å². The van der Waals surface area contributed by atoms with Crippen molar-refractivity contribution in [1.29, 1.82) is 0 Å². The molecule has 2 atom stereocenters. The summed E-state index contributed by atoms with van der Waals surface area (Å²) in [6, 6.07) is 4.55. The summed E-state index contributed by atoms with van der Waals surface area (Å²) in [6.07, 6.45) is -3.32. The third-order valence-corrected chi connectivity index (χ3v) is 2.69. The second-order valence-electron chi connectivity index (χ2n) is 3.12. The molecule has 1 aromatic carbocycles. The fourth-order valence-electron chi connectivity index (χ4n) is 1.18. The van der Waals surface area contributed by atoms with Crippen molar-refractivity contribution in [2.75, 3.05) is 7.11 Å². The Morgan fingerprint density at radius 1 is 1.44 bits per heavy atom. The van der Waals surface area contributed by atoms with Crippen molar-refractivity contribution in [3.05, 3.63) is 28.2 Å². The van der Waals surface area contributed by atoms with E-state index < -0.39 is 18.2 Å². The lowest BCUT2D eigenvalue weighted by Crippen LogP contribution is -2.27. The van der Waals surface area contributed by atoms with E-state index in [0.29, 0.717) is 15.8 Å². The van der Waals surface area contributed by atoms with E-state index in [0.717, 1.165) is 0 Å². The fourth-order valence-corrected chi connectivity index (χ4v) is 1.74. The number of carboxylic acid groups (broad SMARTS) is 1. The van der Waals surface area contributed by atoms with Gasteiger partial charge in [0.2, 0.25) is 0 Å². The van der Waals surface area contributed by atoms with Crippen molar-refractivity contribution < 1.29 is 24.9 Å². The maximum absolute atomic E-state index is 10.5. The van der Waals surface area contributed by atoms with E-state index in [9.17, 15) is 9.90 Å². The average molecular weight is 291 g/mol. The smallest absolute Gasteiger partial charge is 0.335 e. The molecule has 0 radical (unpaired) electrons. The van der Waals surface area contributed by atoms with Crippen molar-refractivity contribution in [1.82, 2.24) is 0 Å². The van der Waals surface area contributed by atoms with Crippen LogP contribution in [-0.2, 0) is 4.79 Å². The molecule has 0 aliphatic rings. The van der Waals surface area contributed by atoms with Crippen molar-refractivity contribution in [2.24, 2.45) is 0 Å². The van der Waals surface area contributed by atoms with Gasteiger partial charge in [0.05, 0.1) is 11.6 Å². The van der Waals surface area contributed by atoms with E-state index in [4.69, 9.17) is 14.9 Å². The quantitative estimate of drug-likeness (QED) is 0.768. The molecule has 1 rings (SSSR count). The van der Waals surface area contributed by atoms with Crippen LogP contribution in [0.2, 0.25) is 0 Å². The van der Waals surface area contributed by atoms with Crippen molar-refractivity contribution >= 4 is 21.9 Å². The number of methoxy groups -OCH3 is 1. The van der Waals surface area contributed by atoms with E-state index in [1.165, 1.54) is 19.2 Å². The Balaban J connectivity index is 2.97. The van der Waals surface area contributed by atoms with Crippen LogP contribution >= 0.6 is 15.9 Å².